The standard InChI is InChI=1S/C20H27ClN4O4/c1-14(25-13-16(21)11-22-25)20(26)24-7-5-23(6-8-24)12-15-9-18(28-3)19(29-4)10-17(15)27-2/h9-11,13-14H,5-8,12H2,1-4H3/t14-/m1/s1. The topological polar surface area (TPSA) is 69.1 Å². The molecule has 0 radical (unpaired) electrons. The average Bonchev–Trinajstić information content (AvgIpc) is 3.19. The van der Waals surface area contributed by atoms with E-state index in [0.29, 0.717) is 36.2 Å². The van der Waals surface area contributed by atoms with E-state index in [1.54, 1.807) is 38.4 Å². The second-order valence-corrected chi connectivity index (χ2v) is 7.37. The Kier molecular flexibility index (Phi) is 6.87. The number of piperazine rings is 1. The minimum Gasteiger partial charge on any atom is -0.496 e. The van der Waals surface area contributed by atoms with Crippen LogP contribution >= 0.6 is 11.6 Å². The zero-order chi connectivity index (χ0) is 21.0. The van der Waals surface area contributed by atoms with Crippen LogP contribution in [-0.4, -0.2) is 73.0 Å². The van der Waals surface area contributed by atoms with Gasteiger partial charge in [-0.25, -0.2) is 0 Å². The average molecular weight is 423 g/mol. The van der Waals surface area contributed by atoms with Crippen LogP contribution in [0, 0.1) is 0 Å². The van der Waals surface area contributed by atoms with Crippen molar-refractivity contribution < 1.29 is 19.0 Å². The van der Waals surface area contributed by atoms with Gasteiger partial charge in [0.05, 0.1) is 32.5 Å². The molecule has 0 unspecified atom stereocenters. The van der Waals surface area contributed by atoms with Crippen LogP contribution in [0.2, 0.25) is 5.02 Å². The molecule has 158 valence electrons. The van der Waals surface area contributed by atoms with Gasteiger partial charge in [0.15, 0.2) is 11.5 Å². The van der Waals surface area contributed by atoms with Crippen molar-refractivity contribution in [3.63, 3.8) is 0 Å². The molecule has 0 saturated carbocycles. The smallest absolute Gasteiger partial charge is 0.247 e. The molecule has 2 aromatic rings. The summed E-state index contributed by atoms with van der Waals surface area (Å²) in [5.41, 5.74) is 1.02. The quantitative estimate of drug-likeness (QED) is 0.682. The van der Waals surface area contributed by atoms with Crippen LogP contribution < -0.4 is 14.2 Å². The summed E-state index contributed by atoms with van der Waals surface area (Å²) in [5.74, 6) is 2.11. The molecule has 1 amide bonds. The Balaban J connectivity index is 1.62. The molecule has 0 N–H and O–H groups in total. The second-order valence-electron chi connectivity index (χ2n) is 6.94. The molecule has 8 nitrogen and oxygen atoms in total. The van der Waals surface area contributed by atoms with Crippen LogP contribution in [-0.2, 0) is 11.3 Å². The van der Waals surface area contributed by atoms with Crippen LogP contribution in [0.4, 0.5) is 0 Å². The van der Waals surface area contributed by atoms with Gasteiger partial charge in [-0.1, -0.05) is 11.6 Å². The van der Waals surface area contributed by atoms with E-state index in [2.05, 4.69) is 10.00 Å². The third-order valence-electron chi connectivity index (χ3n) is 5.19. The number of amides is 1. The van der Waals surface area contributed by atoms with E-state index in [1.807, 2.05) is 24.0 Å². The van der Waals surface area contributed by atoms with Crippen LogP contribution in [0.1, 0.15) is 18.5 Å². The largest absolute Gasteiger partial charge is 0.496 e. The van der Waals surface area contributed by atoms with Gasteiger partial charge in [0, 0.05) is 50.6 Å². The first-order chi connectivity index (χ1) is 14.0. The number of hydrogen-bond donors (Lipinski definition) is 0. The van der Waals surface area contributed by atoms with Crippen molar-refractivity contribution in [2.24, 2.45) is 0 Å². The monoisotopic (exact) mass is 422 g/mol. The van der Waals surface area contributed by atoms with E-state index in [-0.39, 0.29) is 11.9 Å². The van der Waals surface area contributed by atoms with Gasteiger partial charge in [-0.3, -0.25) is 14.4 Å². The first-order valence-corrected chi connectivity index (χ1v) is 9.84. The minimum absolute atomic E-state index is 0.0492. The molecule has 1 aromatic heterocycles. The molecule has 9 heteroatoms. The first kappa shape index (κ1) is 21.3. The summed E-state index contributed by atoms with van der Waals surface area (Å²) >= 11 is 5.91. The highest BCUT2D eigenvalue weighted by atomic mass is 35.5. The van der Waals surface area contributed by atoms with Crippen molar-refractivity contribution in [3.8, 4) is 17.2 Å². The molecule has 1 aliphatic heterocycles. The summed E-state index contributed by atoms with van der Waals surface area (Å²) in [6.45, 7) is 5.41. The molecule has 1 aromatic carbocycles. The molecule has 0 spiro atoms. The van der Waals surface area contributed by atoms with Gasteiger partial charge in [0.1, 0.15) is 11.8 Å². The van der Waals surface area contributed by atoms with Crippen molar-refractivity contribution in [1.29, 1.82) is 0 Å². The summed E-state index contributed by atoms with van der Waals surface area (Å²) < 4.78 is 17.9. The van der Waals surface area contributed by atoms with Gasteiger partial charge < -0.3 is 19.1 Å². The van der Waals surface area contributed by atoms with Gasteiger partial charge in [0.2, 0.25) is 5.91 Å². The lowest BCUT2D eigenvalue weighted by atomic mass is 10.1. The third kappa shape index (κ3) is 4.76. The van der Waals surface area contributed by atoms with Crippen molar-refractivity contribution in [1.82, 2.24) is 19.6 Å². The number of benzene rings is 1. The number of hydrogen-bond acceptors (Lipinski definition) is 6. The number of ether oxygens (including phenoxy) is 3. The van der Waals surface area contributed by atoms with Crippen LogP contribution in [0.25, 0.3) is 0 Å². The van der Waals surface area contributed by atoms with Crippen LogP contribution in [0.15, 0.2) is 24.5 Å². The Labute approximate surface area is 175 Å². The lowest BCUT2D eigenvalue weighted by Crippen LogP contribution is -2.50. The zero-order valence-electron chi connectivity index (χ0n) is 17.2. The highest BCUT2D eigenvalue weighted by Gasteiger charge is 2.27. The third-order valence-corrected chi connectivity index (χ3v) is 5.38. The molecular formula is C20H27ClN4O4. The molecular weight excluding hydrogens is 396 g/mol. The Morgan fingerprint density at radius 3 is 2.24 bits per heavy atom. The lowest BCUT2D eigenvalue weighted by Gasteiger charge is -2.36. The number of rotatable bonds is 7. The maximum absolute atomic E-state index is 12.8. The predicted molar refractivity (Wildman–Crippen MR) is 110 cm³/mol. The van der Waals surface area contributed by atoms with Gasteiger partial charge in [-0.15, -0.1) is 0 Å². The molecule has 3 rings (SSSR count). The molecule has 1 saturated heterocycles. The van der Waals surface area contributed by atoms with Crippen molar-refractivity contribution >= 4 is 17.5 Å². The van der Waals surface area contributed by atoms with E-state index in [9.17, 15) is 4.79 Å². The highest BCUT2D eigenvalue weighted by molar-refractivity contribution is 6.30. The summed E-state index contributed by atoms with van der Waals surface area (Å²) in [6, 6.07) is 3.41. The fourth-order valence-electron chi connectivity index (χ4n) is 3.49. The number of nitrogens with zero attached hydrogens (tertiary/aromatic N) is 4. The second kappa shape index (κ2) is 9.37. The summed E-state index contributed by atoms with van der Waals surface area (Å²) in [7, 11) is 4.86. The summed E-state index contributed by atoms with van der Waals surface area (Å²) in [4.78, 5) is 17.0. The zero-order valence-corrected chi connectivity index (χ0v) is 18.0. The van der Waals surface area contributed by atoms with E-state index in [1.165, 1.54) is 0 Å². The van der Waals surface area contributed by atoms with Crippen molar-refractivity contribution in [2.45, 2.75) is 19.5 Å². The molecule has 1 aliphatic rings. The van der Waals surface area contributed by atoms with E-state index in [0.717, 1.165) is 24.4 Å². The normalized spacial score (nSPS) is 15.8. The molecule has 0 aliphatic carbocycles. The van der Waals surface area contributed by atoms with Crippen molar-refractivity contribution in [3.05, 3.63) is 35.1 Å². The van der Waals surface area contributed by atoms with Gasteiger partial charge in [-0.05, 0) is 13.0 Å². The van der Waals surface area contributed by atoms with Crippen molar-refractivity contribution in [2.75, 3.05) is 47.5 Å². The lowest BCUT2D eigenvalue weighted by molar-refractivity contribution is -0.136. The number of methoxy groups -OCH3 is 3. The summed E-state index contributed by atoms with van der Waals surface area (Å²) in [6.07, 6.45) is 3.21. The molecule has 1 atom stereocenters. The van der Waals surface area contributed by atoms with E-state index < -0.39 is 0 Å². The Bertz CT molecular complexity index is 849. The summed E-state index contributed by atoms with van der Waals surface area (Å²) in [5, 5.41) is 4.67. The number of halogens is 1. The Morgan fingerprint density at radius 2 is 1.69 bits per heavy atom. The van der Waals surface area contributed by atoms with E-state index >= 15 is 0 Å². The van der Waals surface area contributed by atoms with Crippen LogP contribution in [0.5, 0.6) is 17.2 Å². The SMILES string of the molecule is COc1cc(OC)c(OC)cc1CN1CCN(C(=O)[C@@H](C)n2cc(Cl)cn2)CC1. The Morgan fingerprint density at radius 1 is 1.07 bits per heavy atom. The molecule has 0 bridgehead atoms. The first-order valence-electron chi connectivity index (χ1n) is 9.46. The molecule has 2 heterocycles. The fourth-order valence-corrected chi connectivity index (χ4v) is 3.63. The maximum Gasteiger partial charge on any atom is 0.247 e. The van der Waals surface area contributed by atoms with Gasteiger partial charge in [0.25, 0.3) is 0 Å². The van der Waals surface area contributed by atoms with Gasteiger partial charge in [-0.2, -0.15) is 5.10 Å². The molecule has 1 fully saturated rings. The number of aromatic nitrogens is 2. The maximum atomic E-state index is 12.8. The number of carbonyl (C=O) groups is 1. The number of carbonyl (C=O) groups excluding carboxylic acids is 1. The van der Waals surface area contributed by atoms with E-state index in [4.69, 9.17) is 25.8 Å². The molecule has 29 heavy (non-hydrogen) atoms. The minimum atomic E-state index is -0.375. The highest BCUT2D eigenvalue weighted by Crippen LogP contribution is 2.35. The Hall–Kier alpha value is -2.45. The predicted octanol–water partition coefficient (Wildman–Crippen LogP) is 2.47. The fraction of sp³-hybridized carbons (Fsp3) is 0.500. The van der Waals surface area contributed by atoms with Gasteiger partial charge >= 0.3 is 0 Å². The van der Waals surface area contributed by atoms with Crippen LogP contribution in [0.3, 0.4) is 0 Å².